The van der Waals surface area contributed by atoms with E-state index in [1.165, 1.54) is 9.78 Å². The van der Waals surface area contributed by atoms with Crippen molar-refractivity contribution in [2.45, 2.75) is 59.3 Å². The Morgan fingerprint density at radius 1 is 1.19 bits per heavy atom. The average Bonchev–Trinajstić information content (AvgIpc) is 3.28. The summed E-state index contributed by atoms with van der Waals surface area (Å²) in [7, 11) is 0. The van der Waals surface area contributed by atoms with Crippen molar-refractivity contribution in [1.82, 2.24) is 20.2 Å². The number of furan rings is 1. The first kappa shape index (κ1) is 18.8. The van der Waals surface area contributed by atoms with Crippen molar-refractivity contribution in [2.75, 3.05) is 0 Å². The van der Waals surface area contributed by atoms with Gasteiger partial charge in [0.15, 0.2) is 11.8 Å². The van der Waals surface area contributed by atoms with Crippen molar-refractivity contribution in [3.05, 3.63) is 52.4 Å². The molecule has 3 rings (SSSR count). The molecule has 0 amide bonds. The molecule has 0 aliphatic rings. The third-order valence-corrected chi connectivity index (χ3v) is 5.35. The van der Waals surface area contributed by atoms with Crippen molar-refractivity contribution in [3.8, 4) is 0 Å². The van der Waals surface area contributed by atoms with Gasteiger partial charge in [-0.05, 0) is 54.8 Å². The molecule has 7 heteroatoms. The smallest absolute Gasteiger partial charge is 0.210 e. The summed E-state index contributed by atoms with van der Waals surface area (Å²) in [6.45, 7) is 12.6. The molecule has 0 aromatic carbocycles. The maximum atomic E-state index is 5.65. The molecular weight excluding hydrogens is 346 g/mol. The van der Waals surface area contributed by atoms with E-state index in [0.717, 1.165) is 24.7 Å². The Labute approximate surface area is 158 Å². The number of hydrogen-bond acceptors (Lipinski definition) is 5. The Kier molecular flexibility index (Phi) is 5.58. The third kappa shape index (κ3) is 4.22. The molecule has 0 saturated heterocycles. The first-order chi connectivity index (χ1) is 12.4. The zero-order chi connectivity index (χ0) is 18.7. The van der Waals surface area contributed by atoms with Gasteiger partial charge in [0.05, 0.1) is 16.7 Å². The molecule has 3 aromatic rings. The van der Waals surface area contributed by atoms with Crippen molar-refractivity contribution in [3.63, 3.8) is 0 Å². The lowest BCUT2D eigenvalue weighted by atomic mass is 9.99. The van der Waals surface area contributed by atoms with E-state index >= 15 is 0 Å². The SMILES string of the molecule is CC(C)[C@H](c1nnnn1C(C)(C)C)[NH+](Cc1ccco1)Cc1cccs1. The minimum Gasteiger partial charge on any atom is -0.463 e. The lowest BCUT2D eigenvalue weighted by Gasteiger charge is -2.31. The molecule has 1 unspecified atom stereocenters. The Morgan fingerprint density at radius 3 is 2.58 bits per heavy atom. The van der Waals surface area contributed by atoms with Crippen LogP contribution in [0.15, 0.2) is 40.3 Å². The Bertz CT molecular complexity index is 750. The van der Waals surface area contributed by atoms with E-state index in [2.05, 4.69) is 67.7 Å². The van der Waals surface area contributed by atoms with E-state index in [4.69, 9.17) is 4.42 Å². The number of tetrazole rings is 1. The monoisotopic (exact) mass is 374 g/mol. The second kappa shape index (κ2) is 7.72. The quantitative estimate of drug-likeness (QED) is 0.690. The third-order valence-electron chi connectivity index (χ3n) is 4.48. The van der Waals surface area contributed by atoms with Gasteiger partial charge in [-0.3, -0.25) is 0 Å². The summed E-state index contributed by atoms with van der Waals surface area (Å²) in [5.41, 5.74) is -0.162. The van der Waals surface area contributed by atoms with Crippen molar-refractivity contribution >= 4 is 11.3 Å². The lowest BCUT2D eigenvalue weighted by Crippen LogP contribution is -3.10. The number of thiophene rings is 1. The maximum absolute atomic E-state index is 5.65. The molecule has 0 fully saturated rings. The van der Waals surface area contributed by atoms with Crippen LogP contribution in [0.3, 0.4) is 0 Å². The molecule has 1 N–H and O–H groups in total. The van der Waals surface area contributed by atoms with E-state index in [1.54, 1.807) is 17.6 Å². The Hall–Kier alpha value is -1.99. The number of nitrogens with zero attached hydrogens (tertiary/aromatic N) is 4. The number of aromatic nitrogens is 4. The first-order valence-electron chi connectivity index (χ1n) is 9.04. The molecule has 26 heavy (non-hydrogen) atoms. The van der Waals surface area contributed by atoms with Gasteiger partial charge in [-0.1, -0.05) is 19.9 Å². The second-order valence-electron chi connectivity index (χ2n) is 8.01. The van der Waals surface area contributed by atoms with Gasteiger partial charge in [0.2, 0.25) is 5.82 Å². The fraction of sp³-hybridized carbons (Fsp3) is 0.526. The summed E-state index contributed by atoms with van der Waals surface area (Å²) >= 11 is 1.79. The molecule has 0 radical (unpaired) electrons. The normalized spacial score (nSPS) is 14.7. The molecule has 3 heterocycles. The largest absolute Gasteiger partial charge is 0.463 e. The van der Waals surface area contributed by atoms with Crippen LogP contribution in [0, 0.1) is 5.92 Å². The van der Waals surface area contributed by atoms with Crippen molar-refractivity contribution < 1.29 is 9.32 Å². The summed E-state index contributed by atoms with van der Waals surface area (Å²) in [4.78, 5) is 2.74. The predicted molar refractivity (Wildman–Crippen MR) is 102 cm³/mol. The molecule has 0 bridgehead atoms. The van der Waals surface area contributed by atoms with Crippen LogP contribution in [-0.2, 0) is 18.6 Å². The second-order valence-corrected chi connectivity index (χ2v) is 9.04. The van der Waals surface area contributed by atoms with Crippen LogP contribution in [0.1, 0.15) is 57.1 Å². The zero-order valence-electron chi connectivity index (χ0n) is 16.1. The zero-order valence-corrected chi connectivity index (χ0v) is 17.0. The highest BCUT2D eigenvalue weighted by Crippen LogP contribution is 2.22. The van der Waals surface area contributed by atoms with Gasteiger partial charge in [0.25, 0.3) is 0 Å². The molecule has 2 atom stereocenters. The number of rotatable bonds is 7. The van der Waals surface area contributed by atoms with Gasteiger partial charge in [-0.15, -0.1) is 16.4 Å². The fourth-order valence-electron chi connectivity index (χ4n) is 3.37. The fourth-order valence-corrected chi connectivity index (χ4v) is 4.13. The number of nitrogens with one attached hydrogen (secondary N) is 1. The number of quaternary nitrogens is 1. The van der Waals surface area contributed by atoms with Crippen LogP contribution in [0.4, 0.5) is 0 Å². The van der Waals surface area contributed by atoms with E-state index in [0.29, 0.717) is 5.92 Å². The average molecular weight is 375 g/mol. The Morgan fingerprint density at radius 2 is 2.00 bits per heavy atom. The van der Waals surface area contributed by atoms with Gasteiger partial charge in [0.1, 0.15) is 13.1 Å². The van der Waals surface area contributed by atoms with Crippen LogP contribution in [0.2, 0.25) is 0 Å². The van der Waals surface area contributed by atoms with Crippen LogP contribution in [0.5, 0.6) is 0 Å². The molecule has 140 valence electrons. The van der Waals surface area contributed by atoms with E-state index in [1.807, 2.05) is 16.8 Å². The molecule has 0 saturated carbocycles. The first-order valence-corrected chi connectivity index (χ1v) is 9.92. The standard InChI is InChI=1S/C19H27N5OS/c1-14(2)17(18-20-21-22-24(18)19(3,4)5)23(12-15-8-6-10-25-15)13-16-9-7-11-26-16/h6-11,14,17H,12-13H2,1-5H3/p+1/t17-/m1/s1. The van der Waals surface area contributed by atoms with Crippen molar-refractivity contribution in [1.29, 1.82) is 0 Å². The van der Waals surface area contributed by atoms with Crippen LogP contribution in [0.25, 0.3) is 0 Å². The lowest BCUT2D eigenvalue weighted by molar-refractivity contribution is -0.963. The number of hydrogen-bond donors (Lipinski definition) is 1. The van der Waals surface area contributed by atoms with Gasteiger partial charge < -0.3 is 9.32 Å². The van der Waals surface area contributed by atoms with Gasteiger partial charge >= 0.3 is 0 Å². The highest BCUT2D eigenvalue weighted by Gasteiger charge is 2.36. The molecular formula is C19H28N5OS+. The van der Waals surface area contributed by atoms with Gasteiger partial charge in [-0.2, -0.15) is 0 Å². The summed E-state index contributed by atoms with van der Waals surface area (Å²) in [5.74, 6) is 2.30. The molecule has 0 aliphatic heterocycles. The van der Waals surface area contributed by atoms with Crippen LogP contribution < -0.4 is 4.90 Å². The molecule has 3 aromatic heterocycles. The molecule has 0 spiro atoms. The predicted octanol–water partition coefficient (Wildman–Crippen LogP) is 3.07. The molecule has 6 nitrogen and oxygen atoms in total. The highest BCUT2D eigenvalue weighted by atomic mass is 32.1. The molecule has 0 aliphatic carbocycles. The minimum atomic E-state index is -0.162. The van der Waals surface area contributed by atoms with Crippen LogP contribution in [-0.4, -0.2) is 20.2 Å². The highest BCUT2D eigenvalue weighted by molar-refractivity contribution is 7.09. The van der Waals surface area contributed by atoms with Gasteiger partial charge in [0, 0.05) is 5.92 Å². The van der Waals surface area contributed by atoms with E-state index in [9.17, 15) is 0 Å². The van der Waals surface area contributed by atoms with E-state index < -0.39 is 0 Å². The summed E-state index contributed by atoms with van der Waals surface area (Å²) in [5, 5.41) is 14.9. The van der Waals surface area contributed by atoms with Crippen molar-refractivity contribution in [2.24, 2.45) is 5.92 Å². The van der Waals surface area contributed by atoms with E-state index in [-0.39, 0.29) is 11.6 Å². The topological polar surface area (TPSA) is 61.2 Å². The minimum absolute atomic E-state index is 0.162. The summed E-state index contributed by atoms with van der Waals surface area (Å²) in [6.07, 6.45) is 1.74. The summed E-state index contributed by atoms with van der Waals surface area (Å²) in [6, 6.07) is 8.45. The maximum Gasteiger partial charge on any atom is 0.210 e. The van der Waals surface area contributed by atoms with Gasteiger partial charge in [-0.25, -0.2) is 4.68 Å². The summed E-state index contributed by atoms with van der Waals surface area (Å²) < 4.78 is 7.62. The van der Waals surface area contributed by atoms with Crippen LogP contribution >= 0.6 is 11.3 Å². The Balaban J connectivity index is 1.98.